The van der Waals surface area contributed by atoms with Crippen LogP contribution in [0.5, 0.6) is 23.0 Å². The Bertz CT molecular complexity index is 4040. The Labute approximate surface area is 449 Å². The van der Waals surface area contributed by atoms with Gasteiger partial charge in [-0.05, 0) is 164 Å². The molecule has 0 N–H and O–H groups in total. The van der Waals surface area contributed by atoms with Crippen LogP contribution in [-0.2, 0) is 0 Å². The van der Waals surface area contributed by atoms with E-state index in [2.05, 4.69) is 72.2 Å². The molecule has 376 valence electrons. The number of hydrogen-bond donors (Lipinski definition) is 0. The molecule has 0 aliphatic carbocycles. The molecule has 15 rings (SSSR count). The number of anilines is 6. The molecule has 4 heterocycles. The van der Waals surface area contributed by atoms with Crippen molar-refractivity contribution in [2.45, 2.75) is 39.5 Å². The summed E-state index contributed by atoms with van der Waals surface area (Å²) >= 11 is 0. The van der Waals surface area contributed by atoms with E-state index in [0.29, 0.717) is 59.0 Å². The van der Waals surface area contributed by atoms with Crippen molar-refractivity contribution >= 4 is 101 Å². The lowest BCUT2D eigenvalue weighted by Crippen LogP contribution is -2.41. The van der Waals surface area contributed by atoms with Gasteiger partial charge in [-0.1, -0.05) is 112 Å². The Morgan fingerprint density at radius 3 is 1.01 bits per heavy atom. The minimum Gasteiger partial charge on any atom is -0.453 e. The molecule has 0 spiro atoms. The number of fused-ring (bicyclic) bond motifs is 6. The van der Waals surface area contributed by atoms with E-state index in [1.165, 1.54) is 9.80 Å². The average Bonchev–Trinajstić information content (AvgIpc) is 3.56. The lowest BCUT2D eigenvalue weighted by Gasteiger charge is -2.33. The first-order valence-corrected chi connectivity index (χ1v) is 26.8. The highest BCUT2D eigenvalue weighted by Crippen LogP contribution is 2.55. The van der Waals surface area contributed by atoms with Crippen LogP contribution in [0.1, 0.15) is 81.0 Å². The second kappa shape index (κ2) is 17.4. The smallest absolute Gasteiger partial charge is 0.261 e. The first-order valence-electron chi connectivity index (χ1n) is 26.8. The first-order chi connectivity index (χ1) is 38.3. The molecule has 4 aliphatic rings. The molecule has 0 saturated heterocycles. The summed E-state index contributed by atoms with van der Waals surface area (Å²) < 4.78 is 12.7. The number of imide groups is 2. The molecule has 0 fully saturated rings. The summed E-state index contributed by atoms with van der Waals surface area (Å²) in [5, 5.41) is 6.07. The van der Waals surface area contributed by atoms with Crippen LogP contribution >= 0.6 is 0 Å². The highest BCUT2D eigenvalue weighted by molar-refractivity contribution is 6.44. The summed E-state index contributed by atoms with van der Waals surface area (Å²) in [6.07, 6.45) is 2.98. The number of rotatable bonds is 10. The maximum Gasteiger partial charge on any atom is 0.261 e. The molecule has 0 bridgehead atoms. The van der Waals surface area contributed by atoms with E-state index in [1.54, 1.807) is 0 Å². The molecule has 0 radical (unpaired) electrons. The predicted molar refractivity (Wildman–Crippen MR) is 309 cm³/mol. The fraction of sp³-hybridized carbons (Fsp3) is 0.118. The van der Waals surface area contributed by atoms with E-state index in [9.17, 15) is 9.59 Å². The van der Waals surface area contributed by atoms with Crippen molar-refractivity contribution in [1.29, 1.82) is 0 Å². The normalized spacial score (nSPS) is 14.3. The minimum absolute atomic E-state index is 0.303. The third-order valence-corrected chi connectivity index (χ3v) is 16.2. The van der Waals surface area contributed by atoms with E-state index in [1.807, 2.05) is 133 Å². The van der Waals surface area contributed by atoms with Gasteiger partial charge in [-0.2, -0.15) is 0 Å². The number of amides is 4. The lowest BCUT2D eigenvalue weighted by molar-refractivity contribution is 0.0593. The zero-order valence-electron chi connectivity index (χ0n) is 42.8. The maximum atomic E-state index is 15.1. The van der Waals surface area contributed by atoms with Gasteiger partial charge in [0.2, 0.25) is 0 Å². The largest absolute Gasteiger partial charge is 0.453 e. The highest BCUT2D eigenvalue weighted by Gasteiger charge is 2.39. The van der Waals surface area contributed by atoms with Gasteiger partial charge in [0.1, 0.15) is 0 Å². The molecular weight excluding hydrogens is 969 g/mol. The molecular formula is C68H48N4O6. The van der Waals surface area contributed by atoms with E-state index in [0.717, 1.165) is 125 Å². The van der Waals surface area contributed by atoms with E-state index in [-0.39, 0.29) is 23.6 Å². The molecule has 78 heavy (non-hydrogen) atoms. The van der Waals surface area contributed by atoms with Gasteiger partial charge in [0.05, 0.1) is 22.7 Å². The van der Waals surface area contributed by atoms with Crippen LogP contribution in [0.2, 0.25) is 0 Å². The molecule has 11 aromatic carbocycles. The van der Waals surface area contributed by atoms with Crippen LogP contribution in [0, 0.1) is 0 Å². The number of carbonyl (C=O) groups excluding carboxylic acids is 4. The zero-order chi connectivity index (χ0) is 52.5. The number of ether oxygens (including phenoxy) is 2. The van der Waals surface area contributed by atoms with Crippen LogP contribution in [-0.4, -0.2) is 46.5 Å². The molecule has 0 aromatic heterocycles. The SMILES string of the molecule is CCCCN1C(=O)c2ccc3c4c(-c5ccc(N6c7ccccc7Oc7ccccc76)cc5)cc5c6c(ccc(c7c(-c8ccc(N9c%10ccccc%10Oc%10ccccc%109)cc8)cc(c2c37)C1=O)c64)C(=O)N(CCCC)C5=O. The summed E-state index contributed by atoms with van der Waals surface area (Å²) in [6.45, 7) is 4.71. The quantitative estimate of drug-likeness (QED) is 0.0759. The number of hydrogen-bond acceptors (Lipinski definition) is 8. The van der Waals surface area contributed by atoms with Crippen molar-refractivity contribution in [3.63, 3.8) is 0 Å². The van der Waals surface area contributed by atoms with Crippen molar-refractivity contribution in [2.75, 3.05) is 22.9 Å². The fourth-order valence-corrected chi connectivity index (χ4v) is 12.6. The van der Waals surface area contributed by atoms with Crippen molar-refractivity contribution in [3.05, 3.63) is 204 Å². The number of carbonyl (C=O) groups is 4. The molecule has 0 saturated carbocycles. The Kier molecular flexibility index (Phi) is 10.2. The van der Waals surface area contributed by atoms with Crippen LogP contribution < -0.4 is 19.3 Å². The van der Waals surface area contributed by atoms with Crippen molar-refractivity contribution in [3.8, 4) is 45.3 Å². The van der Waals surface area contributed by atoms with Crippen LogP contribution in [0.3, 0.4) is 0 Å². The Morgan fingerprint density at radius 2 is 0.667 bits per heavy atom. The van der Waals surface area contributed by atoms with Gasteiger partial charge >= 0.3 is 0 Å². The number of benzene rings is 11. The Morgan fingerprint density at radius 1 is 0.333 bits per heavy atom. The number of para-hydroxylation sites is 8. The van der Waals surface area contributed by atoms with Gasteiger partial charge in [0.25, 0.3) is 23.6 Å². The van der Waals surface area contributed by atoms with Gasteiger partial charge in [-0.3, -0.25) is 29.0 Å². The van der Waals surface area contributed by atoms with Crippen molar-refractivity contribution in [1.82, 2.24) is 9.80 Å². The summed E-state index contributed by atoms with van der Waals surface area (Å²) in [6, 6.07) is 60.4. The average molecular weight is 1020 g/mol. The van der Waals surface area contributed by atoms with Gasteiger partial charge in [0, 0.05) is 57.5 Å². The van der Waals surface area contributed by atoms with Crippen molar-refractivity contribution < 1.29 is 28.7 Å². The second-order valence-electron chi connectivity index (χ2n) is 20.6. The van der Waals surface area contributed by atoms with E-state index >= 15 is 9.59 Å². The summed E-state index contributed by atoms with van der Waals surface area (Å²) in [4.78, 5) is 66.8. The van der Waals surface area contributed by atoms with Crippen LogP contribution in [0.25, 0.3) is 65.3 Å². The lowest BCUT2D eigenvalue weighted by atomic mass is 9.78. The van der Waals surface area contributed by atoms with E-state index < -0.39 is 0 Å². The molecule has 0 atom stereocenters. The Hall–Kier alpha value is -9.80. The molecule has 4 aliphatic heterocycles. The first kappa shape index (κ1) is 45.6. The molecule has 4 amide bonds. The third-order valence-electron chi connectivity index (χ3n) is 16.2. The van der Waals surface area contributed by atoms with Gasteiger partial charge in [-0.15, -0.1) is 0 Å². The van der Waals surface area contributed by atoms with Gasteiger partial charge in [-0.25, -0.2) is 0 Å². The maximum absolute atomic E-state index is 15.1. The highest BCUT2D eigenvalue weighted by atomic mass is 16.5. The minimum atomic E-state index is -0.328. The molecule has 10 nitrogen and oxygen atoms in total. The summed E-state index contributed by atoms with van der Waals surface area (Å²) in [5.74, 6) is 1.69. The summed E-state index contributed by atoms with van der Waals surface area (Å²) in [5.41, 5.74) is 10.6. The van der Waals surface area contributed by atoms with Crippen LogP contribution in [0.15, 0.2) is 182 Å². The van der Waals surface area contributed by atoms with Crippen LogP contribution in [0.4, 0.5) is 34.1 Å². The third kappa shape index (κ3) is 6.49. The predicted octanol–water partition coefficient (Wildman–Crippen LogP) is 17.0. The standard InChI is InChI=1S/C68H48N4O6/c1-3-5-35-69-65(73)45-33-31-43-60-48(40-25-29-42(30-26-40)72-53-17-9-13-21-57(53)78-58-22-14-10-18-54(58)72)38-50-62-46(66(74)70(68(50)76)36-6-4-2)34-32-44(64(60)62)59-47(37-49(67(69)75)61(45)63(43)59)39-23-27-41(28-24-39)71-51-15-7-11-19-55(51)77-56-20-12-8-16-52(56)71/h7-34,37-38H,3-6,35-36H2,1-2H3. The van der Waals surface area contributed by atoms with Crippen molar-refractivity contribution in [2.24, 2.45) is 0 Å². The summed E-state index contributed by atoms with van der Waals surface area (Å²) in [7, 11) is 0. The number of nitrogens with zero attached hydrogens (tertiary/aromatic N) is 4. The number of unbranched alkanes of at least 4 members (excludes halogenated alkanes) is 2. The molecule has 11 aromatic rings. The van der Waals surface area contributed by atoms with Gasteiger partial charge < -0.3 is 19.3 Å². The zero-order valence-corrected chi connectivity index (χ0v) is 42.8. The molecule has 0 unspecified atom stereocenters. The van der Waals surface area contributed by atoms with E-state index in [4.69, 9.17) is 9.47 Å². The Balaban J connectivity index is 1.00. The monoisotopic (exact) mass is 1020 g/mol. The topological polar surface area (TPSA) is 99.7 Å². The van der Waals surface area contributed by atoms with Gasteiger partial charge in [0.15, 0.2) is 23.0 Å². The second-order valence-corrected chi connectivity index (χ2v) is 20.6. The molecule has 10 heteroatoms. The fourth-order valence-electron chi connectivity index (χ4n) is 12.6.